The summed E-state index contributed by atoms with van der Waals surface area (Å²) in [5, 5.41) is 9.38. The summed E-state index contributed by atoms with van der Waals surface area (Å²) in [6.07, 6.45) is 3.43. The van der Waals surface area contributed by atoms with Crippen LogP contribution in [0.3, 0.4) is 0 Å². The lowest BCUT2D eigenvalue weighted by molar-refractivity contribution is 0.102. The van der Waals surface area contributed by atoms with Gasteiger partial charge in [0, 0.05) is 17.0 Å². The fourth-order valence-corrected chi connectivity index (χ4v) is 3.85. The van der Waals surface area contributed by atoms with E-state index in [1.807, 2.05) is 23.6 Å². The third-order valence-electron chi connectivity index (χ3n) is 4.83. The molecule has 0 radical (unpaired) electrons. The minimum Gasteiger partial charge on any atom is -0.296 e. The number of anilines is 1. The van der Waals surface area contributed by atoms with Crippen LogP contribution in [0.2, 0.25) is 0 Å². The molecule has 0 aliphatic heterocycles. The zero-order chi connectivity index (χ0) is 21.6. The van der Waals surface area contributed by atoms with E-state index in [2.05, 4.69) is 46.6 Å². The molecule has 1 N–H and O–H groups in total. The second kappa shape index (κ2) is 9.49. The SMILES string of the molecule is CCCCc1ccc(-c2csc(NC(=O)c3ccc(=O)n(-c4ccccc4)n3)n2)cc1. The van der Waals surface area contributed by atoms with Gasteiger partial charge >= 0.3 is 0 Å². The van der Waals surface area contributed by atoms with Crippen LogP contribution in [-0.4, -0.2) is 20.7 Å². The minimum absolute atomic E-state index is 0.139. The summed E-state index contributed by atoms with van der Waals surface area (Å²) in [6.45, 7) is 2.19. The number of thiazole rings is 1. The lowest BCUT2D eigenvalue weighted by Crippen LogP contribution is -2.24. The molecule has 31 heavy (non-hydrogen) atoms. The highest BCUT2D eigenvalue weighted by Gasteiger charge is 2.13. The van der Waals surface area contributed by atoms with E-state index in [9.17, 15) is 9.59 Å². The number of amides is 1. The Labute approximate surface area is 184 Å². The van der Waals surface area contributed by atoms with Crippen molar-refractivity contribution in [1.82, 2.24) is 14.8 Å². The number of nitrogens with one attached hydrogen (secondary N) is 1. The third kappa shape index (κ3) is 4.95. The zero-order valence-electron chi connectivity index (χ0n) is 17.1. The maximum Gasteiger partial charge on any atom is 0.277 e. The van der Waals surface area contributed by atoms with E-state index in [0.717, 1.165) is 17.7 Å². The molecule has 6 nitrogen and oxygen atoms in total. The first-order valence-electron chi connectivity index (χ1n) is 10.2. The first-order chi connectivity index (χ1) is 15.1. The first kappa shape index (κ1) is 20.7. The largest absolute Gasteiger partial charge is 0.296 e. The van der Waals surface area contributed by atoms with Gasteiger partial charge in [0.2, 0.25) is 0 Å². The monoisotopic (exact) mass is 430 g/mol. The summed E-state index contributed by atoms with van der Waals surface area (Å²) in [6, 6.07) is 20.1. The first-order valence-corrected chi connectivity index (χ1v) is 11.0. The molecule has 0 atom stereocenters. The van der Waals surface area contributed by atoms with Crippen LogP contribution in [0.1, 0.15) is 35.8 Å². The van der Waals surface area contributed by atoms with Crippen molar-refractivity contribution in [3.05, 3.63) is 93.7 Å². The maximum absolute atomic E-state index is 12.7. The van der Waals surface area contributed by atoms with Crippen LogP contribution in [0.5, 0.6) is 0 Å². The Morgan fingerprint density at radius 3 is 2.55 bits per heavy atom. The number of benzene rings is 2. The van der Waals surface area contributed by atoms with Crippen LogP contribution in [-0.2, 0) is 6.42 Å². The molecule has 156 valence electrons. The van der Waals surface area contributed by atoms with E-state index in [1.54, 1.807) is 12.1 Å². The molecule has 0 spiro atoms. The van der Waals surface area contributed by atoms with Crippen LogP contribution in [0.25, 0.3) is 16.9 Å². The summed E-state index contributed by atoms with van der Waals surface area (Å²) in [5.74, 6) is -0.416. The molecular weight excluding hydrogens is 408 g/mol. The smallest absolute Gasteiger partial charge is 0.277 e. The van der Waals surface area contributed by atoms with Crippen molar-refractivity contribution in [3.8, 4) is 16.9 Å². The fourth-order valence-electron chi connectivity index (χ4n) is 3.13. The predicted molar refractivity (Wildman–Crippen MR) is 124 cm³/mol. The second-order valence-corrected chi connectivity index (χ2v) is 7.95. The molecule has 0 bridgehead atoms. The Hall–Kier alpha value is -3.58. The van der Waals surface area contributed by atoms with Crippen molar-refractivity contribution in [3.63, 3.8) is 0 Å². The second-order valence-electron chi connectivity index (χ2n) is 7.10. The van der Waals surface area contributed by atoms with E-state index in [1.165, 1.54) is 46.6 Å². The average Bonchev–Trinajstić information content (AvgIpc) is 3.27. The molecule has 0 fully saturated rings. The fraction of sp³-hybridized carbons (Fsp3) is 0.167. The molecule has 1 amide bonds. The maximum atomic E-state index is 12.7. The average molecular weight is 431 g/mol. The van der Waals surface area contributed by atoms with Crippen molar-refractivity contribution >= 4 is 22.4 Å². The van der Waals surface area contributed by atoms with Gasteiger partial charge in [0.05, 0.1) is 11.4 Å². The number of nitrogens with zero attached hydrogens (tertiary/aromatic N) is 3. The van der Waals surface area contributed by atoms with Gasteiger partial charge in [0.15, 0.2) is 5.13 Å². The number of para-hydroxylation sites is 1. The van der Waals surface area contributed by atoms with Gasteiger partial charge in [-0.3, -0.25) is 14.9 Å². The number of aromatic nitrogens is 3. The van der Waals surface area contributed by atoms with Crippen LogP contribution in [0.15, 0.2) is 76.9 Å². The van der Waals surface area contributed by atoms with Crippen LogP contribution in [0.4, 0.5) is 5.13 Å². The molecule has 4 aromatic rings. The van der Waals surface area contributed by atoms with Gasteiger partial charge in [-0.25, -0.2) is 4.98 Å². The van der Waals surface area contributed by atoms with Gasteiger partial charge in [0.1, 0.15) is 5.69 Å². The Kier molecular flexibility index (Phi) is 6.33. The number of unbranched alkanes of at least 4 members (excludes halogenated alkanes) is 1. The summed E-state index contributed by atoms with van der Waals surface area (Å²) >= 11 is 1.35. The van der Waals surface area contributed by atoms with E-state index < -0.39 is 5.91 Å². The van der Waals surface area contributed by atoms with E-state index in [0.29, 0.717) is 10.8 Å². The van der Waals surface area contributed by atoms with E-state index in [4.69, 9.17) is 0 Å². The Morgan fingerprint density at radius 1 is 1.03 bits per heavy atom. The van der Waals surface area contributed by atoms with Crippen molar-refractivity contribution in [1.29, 1.82) is 0 Å². The highest BCUT2D eigenvalue weighted by Crippen LogP contribution is 2.25. The molecule has 2 aromatic heterocycles. The summed E-state index contributed by atoms with van der Waals surface area (Å²) in [7, 11) is 0. The molecule has 0 aliphatic carbocycles. The van der Waals surface area contributed by atoms with E-state index in [-0.39, 0.29) is 11.3 Å². The number of carbonyl (C=O) groups is 1. The summed E-state index contributed by atoms with van der Waals surface area (Å²) in [5.41, 5.74) is 3.56. The van der Waals surface area contributed by atoms with Crippen molar-refractivity contribution in [2.24, 2.45) is 0 Å². The molecule has 7 heteroatoms. The van der Waals surface area contributed by atoms with Gasteiger partial charge < -0.3 is 0 Å². The topological polar surface area (TPSA) is 76.9 Å². The van der Waals surface area contributed by atoms with Crippen LogP contribution >= 0.6 is 11.3 Å². The number of carbonyl (C=O) groups excluding carboxylic acids is 1. The van der Waals surface area contributed by atoms with Crippen molar-refractivity contribution in [2.75, 3.05) is 5.32 Å². The number of rotatable bonds is 7. The Balaban J connectivity index is 1.49. The minimum atomic E-state index is -0.416. The lowest BCUT2D eigenvalue weighted by Gasteiger charge is -2.06. The molecular formula is C24H22N4O2S. The number of hydrogen-bond acceptors (Lipinski definition) is 5. The standard InChI is InChI=1S/C24H22N4O2S/c1-2-3-7-17-10-12-18(13-11-17)21-16-31-24(25-21)26-23(30)20-14-15-22(29)28(27-20)19-8-5-4-6-9-19/h4-6,8-16H,2-3,7H2,1H3,(H,25,26,30). The molecule has 2 heterocycles. The van der Waals surface area contributed by atoms with Gasteiger partial charge in [-0.05, 0) is 36.6 Å². The molecule has 4 rings (SSSR count). The summed E-state index contributed by atoms with van der Waals surface area (Å²) in [4.78, 5) is 29.4. The van der Waals surface area contributed by atoms with Gasteiger partial charge in [-0.1, -0.05) is 55.8 Å². The predicted octanol–water partition coefficient (Wildman–Crippen LogP) is 4.95. The van der Waals surface area contributed by atoms with Crippen molar-refractivity contribution in [2.45, 2.75) is 26.2 Å². The van der Waals surface area contributed by atoms with E-state index >= 15 is 0 Å². The van der Waals surface area contributed by atoms with Crippen LogP contribution in [0, 0.1) is 0 Å². The normalized spacial score (nSPS) is 10.7. The molecule has 0 saturated carbocycles. The summed E-state index contributed by atoms with van der Waals surface area (Å²) < 4.78 is 1.21. The third-order valence-corrected chi connectivity index (χ3v) is 5.58. The Bertz CT molecular complexity index is 1230. The van der Waals surface area contributed by atoms with Crippen LogP contribution < -0.4 is 10.9 Å². The highest BCUT2D eigenvalue weighted by atomic mass is 32.1. The molecule has 0 aliphatic rings. The number of aryl methyl sites for hydroxylation is 1. The molecule has 0 unspecified atom stereocenters. The molecule has 0 saturated heterocycles. The van der Waals surface area contributed by atoms with Gasteiger partial charge in [-0.2, -0.15) is 9.78 Å². The quantitative estimate of drug-likeness (QED) is 0.450. The lowest BCUT2D eigenvalue weighted by atomic mass is 10.1. The van der Waals surface area contributed by atoms with Gasteiger partial charge in [0.25, 0.3) is 11.5 Å². The van der Waals surface area contributed by atoms with Crippen molar-refractivity contribution < 1.29 is 4.79 Å². The highest BCUT2D eigenvalue weighted by molar-refractivity contribution is 7.14. The number of hydrogen-bond donors (Lipinski definition) is 1. The Morgan fingerprint density at radius 2 is 1.81 bits per heavy atom. The molecule has 2 aromatic carbocycles. The zero-order valence-corrected chi connectivity index (χ0v) is 17.9. The van der Waals surface area contributed by atoms with Gasteiger partial charge in [-0.15, -0.1) is 11.3 Å².